The zero-order valence-electron chi connectivity index (χ0n) is 9.88. The molecule has 16 heavy (non-hydrogen) atoms. The molecule has 0 atom stereocenters. The van der Waals surface area contributed by atoms with Crippen LogP contribution < -0.4 is 5.32 Å². The van der Waals surface area contributed by atoms with Gasteiger partial charge in [-0.2, -0.15) is 0 Å². The van der Waals surface area contributed by atoms with Crippen molar-refractivity contribution in [1.82, 2.24) is 5.32 Å². The summed E-state index contributed by atoms with van der Waals surface area (Å²) < 4.78 is 0. The fourth-order valence-corrected chi connectivity index (χ4v) is 1.72. The normalized spacial score (nSPS) is 16.5. The van der Waals surface area contributed by atoms with E-state index in [1.807, 2.05) is 0 Å². The molecule has 1 rings (SSSR count). The van der Waals surface area contributed by atoms with Gasteiger partial charge in [-0.1, -0.05) is 11.6 Å². The molecule has 0 unspecified atom stereocenters. The maximum Gasteiger partial charge on any atom is 0.328 e. The minimum Gasteiger partial charge on any atom is -0.480 e. The lowest BCUT2D eigenvalue weighted by Crippen LogP contribution is -2.49. The number of carbonyl (C=O) groups excluding carboxylic acids is 1. The van der Waals surface area contributed by atoms with E-state index in [0.717, 1.165) is 24.8 Å². The lowest BCUT2D eigenvalue weighted by atomic mass is 9.96. The second kappa shape index (κ2) is 5.14. The third-order valence-electron chi connectivity index (χ3n) is 2.76. The van der Waals surface area contributed by atoms with Crippen LogP contribution in [0.15, 0.2) is 11.6 Å². The summed E-state index contributed by atoms with van der Waals surface area (Å²) in [7, 11) is 0. The third-order valence-corrected chi connectivity index (χ3v) is 2.76. The fourth-order valence-electron chi connectivity index (χ4n) is 1.72. The van der Waals surface area contributed by atoms with Crippen LogP contribution in [-0.4, -0.2) is 22.5 Å². The third kappa shape index (κ3) is 3.68. The lowest BCUT2D eigenvalue weighted by Gasteiger charge is -2.22. The van der Waals surface area contributed by atoms with Gasteiger partial charge >= 0.3 is 5.97 Å². The second-order valence-corrected chi connectivity index (χ2v) is 4.76. The highest BCUT2D eigenvalue weighted by molar-refractivity contribution is 5.87. The van der Waals surface area contributed by atoms with Gasteiger partial charge in [-0.15, -0.1) is 0 Å². The summed E-state index contributed by atoms with van der Waals surface area (Å²) >= 11 is 0. The van der Waals surface area contributed by atoms with Crippen LogP contribution in [0.1, 0.15) is 46.0 Å². The molecule has 1 amide bonds. The Bertz CT molecular complexity index is 318. The number of carboxylic acids is 1. The summed E-state index contributed by atoms with van der Waals surface area (Å²) in [6, 6.07) is 0. The number of rotatable bonds is 4. The molecule has 0 saturated heterocycles. The first-order valence-corrected chi connectivity index (χ1v) is 5.64. The summed E-state index contributed by atoms with van der Waals surface area (Å²) in [6.07, 6.45) is 6.73. The highest BCUT2D eigenvalue weighted by Crippen LogP contribution is 2.20. The Kier molecular flexibility index (Phi) is 4.10. The molecular weight excluding hydrogens is 206 g/mol. The van der Waals surface area contributed by atoms with E-state index in [9.17, 15) is 9.59 Å². The minimum absolute atomic E-state index is 0.208. The molecule has 4 heteroatoms. The van der Waals surface area contributed by atoms with Crippen molar-refractivity contribution < 1.29 is 14.7 Å². The summed E-state index contributed by atoms with van der Waals surface area (Å²) in [5.41, 5.74) is -0.0586. The Labute approximate surface area is 95.7 Å². The van der Waals surface area contributed by atoms with Gasteiger partial charge in [0, 0.05) is 6.42 Å². The molecule has 0 aromatic rings. The quantitative estimate of drug-likeness (QED) is 0.718. The van der Waals surface area contributed by atoms with Crippen LogP contribution in [0.3, 0.4) is 0 Å². The number of carbonyl (C=O) groups is 2. The first-order valence-electron chi connectivity index (χ1n) is 5.64. The molecule has 0 radical (unpaired) electrons. The molecule has 0 aliphatic heterocycles. The maximum atomic E-state index is 11.6. The molecule has 2 N–H and O–H groups in total. The molecule has 90 valence electrons. The summed E-state index contributed by atoms with van der Waals surface area (Å²) in [4.78, 5) is 22.4. The van der Waals surface area contributed by atoms with E-state index in [1.54, 1.807) is 0 Å². The average Bonchev–Trinajstić information content (AvgIpc) is 2.17. The molecule has 0 bridgehead atoms. The van der Waals surface area contributed by atoms with Gasteiger partial charge in [0.2, 0.25) is 5.91 Å². The summed E-state index contributed by atoms with van der Waals surface area (Å²) in [5, 5.41) is 11.4. The number of allylic oxidation sites excluding steroid dienone is 1. The van der Waals surface area contributed by atoms with E-state index < -0.39 is 11.5 Å². The van der Waals surface area contributed by atoms with Crippen molar-refractivity contribution in [2.24, 2.45) is 0 Å². The van der Waals surface area contributed by atoms with Gasteiger partial charge < -0.3 is 10.4 Å². The second-order valence-electron chi connectivity index (χ2n) is 4.76. The molecule has 0 heterocycles. The van der Waals surface area contributed by atoms with E-state index in [4.69, 9.17) is 5.11 Å². The molecule has 1 aliphatic rings. The number of hydrogen-bond acceptors (Lipinski definition) is 2. The topological polar surface area (TPSA) is 66.4 Å². The minimum atomic E-state index is -1.19. The van der Waals surface area contributed by atoms with Crippen LogP contribution >= 0.6 is 0 Å². The van der Waals surface area contributed by atoms with Crippen LogP contribution in [0.2, 0.25) is 0 Å². The first-order chi connectivity index (χ1) is 7.42. The van der Waals surface area contributed by atoms with Crippen LogP contribution in [0.4, 0.5) is 0 Å². The maximum absolute atomic E-state index is 11.6. The molecule has 4 nitrogen and oxygen atoms in total. The van der Waals surface area contributed by atoms with Gasteiger partial charge in [0.05, 0.1) is 0 Å². The summed E-state index contributed by atoms with van der Waals surface area (Å²) in [5.74, 6) is -1.22. The zero-order chi connectivity index (χ0) is 12.2. The molecule has 0 spiro atoms. The van der Waals surface area contributed by atoms with Crippen LogP contribution in [0.5, 0.6) is 0 Å². The van der Waals surface area contributed by atoms with E-state index in [-0.39, 0.29) is 5.91 Å². The average molecular weight is 225 g/mol. The van der Waals surface area contributed by atoms with E-state index >= 15 is 0 Å². The Morgan fingerprint density at radius 2 is 2.12 bits per heavy atom. The first kappa shape index (κ1) is 12.7. The van der Waals surface area contributed by atoms with Gasteiger partial charge in [-0.25, -0.2) is 4.79 Å². The van der Waals surface area contributed by atoms with Crippen molar-refractivity contribution in [3.8, 4) is 0 Å². The van der Waals surface area contributed by atoms with Crippen molar-refractivity contribution in [3.05, 3.63) is 11.6 Å². The van der Waals surface area contributed by atoms with Crippen molar-refractivity contribution in [2.45, 2.75) is 51.5 Å². The van der Waals surface area contributed by atoms with Crippen LogP contribution in [-0.2, 0) is 9.59 Å². The molecule has 0 aromatic carbocycles. The number of carboxylic acid groups (broad SMARTS) is 1. The Balaban J connectivity index is 2.47. The smallest absolute Gasteiger partial charge is 0.328 e. The number of nitrogens with one attached hydrogen (secondary N) is 1. The van der Waals surface area contributed by atoms with E-state index in [1.165, 1.54) is 20.3 Å². The summed E-state index contributed by atoms with van der Waals surface area (Å²) in [6.45, 7) is 2.98. The standard InChI is InChI=1S/C12H19NO3/c1-12(2,11(15)16)13-10(14)8-9-6-4-3-5-7-9/h6H,3-5,7-8H2,1-2H3,(H,13,14)(H,15,16). The van der Waals surface area contributed by atoms with Crippen molar-refractivity contribution in [2.75, 3.05) is 0 Å². The van der Waals surface area contributed by atoms with Gasteiger partial charge in [-0.3, -0.25) is 4.79 Å². The Hall–Kier alpha value is -1.32. The Morgan fingerprint density at radius 1 is 1.44 bits per heavy atom. The number of hydrogen-bond donors (Lipinski definition) is 2. The van der Waals surface area contributed by atoms with E-state index in [0.29, 0.717) is 6.42 Å². The van der Waals surface area contributed by atoms with Crippen LogP contribution in [0, 0.1) is 0 Å². The zero-order valence-corrected chi connectivity index (χ0v) is 9.88. The fraction of sp³-hybridized carbons (Fsp3) is 0.667. The molecular formula is C12H19NO3. The number of aliphatic carboxylic acids is 1. The van der Waals surface area contributed by atoms with Crippen LogP contribution in [0.25, 0.3) is 0 Å². The Morgan fingerprint density at radius 3 is 2.62 bits per heavy atom. The highest BCUT2D eigenvalue weighted by Gasteiger charge is 2.28. The predicted octanol–water partition coefficient (Wildman–Crippen LogP) is 1.86. The largest absolute Gasteiger partial charge is 0.480 e. The van der Waals surface area contributed by atoms with Gasteiger partial charge in [-0.05, 0) is 39.5 Å². The highest BCUT2D eigenvalue weighted by atomic mass is 16.4. The monoisotopic (exact) mass is 225 g/mol. The van der Waals surface area contributed by atoms with Crippen molar-refractivity contribution in [3.63, 3.8) is 0 Å². The predicted molar refractivity (Wildman–Crippen MR) is 61.0 cm³/mol. The van der Waals surface area contributed by atoms with Gasteiger partial charge in [0.1, 0.15) is 5.54 Å². The molecule has 0 aromatic heterocycles. The SMILES string of the molecule is CC(C)(NC(=O)CC1=CCCCC1)C(=O)O. The molecule has 0 saturated carbocycles. The van der Waals surface area contributed by atoms with Crippen molar-refractivity contribution >= 4 is 11.9 Å². The lowest BCUT2D eigenvalue weighted by molar-refractivity contribution is -0.145. The van der Waals surface area contributed by atoms with Crippen molar-refractivity contribution in [1.29, 1.82) is 0 Å². The van der Waals surface area contributed by atoms with E-state index in [2.05, 4.69) is 11.4 Å². The molecule has 0 fully saturated rings. The van der Waals surface area contributed by atoms with Gasteiger partial charge in [0.15, 0.2) is 0 Å². The number of amides is 1. The molecule has 1 aliphatic carbocycles. The van der Waals surface area contributed by atoms with Gasteiger partial charge in [0.25, 0.3) is 0 Å².